The third kappa shape index (κ3) is 2.28. The highest BCUT2D eigenvalue weighted by Crippen LogP contribution is 2.14. The van der Waals surface area contributed by atoms with Gasteiger partial charge < -0.3 is 11.1 Å². The van der Waals surface area contributed by atoms with E-state index in [0.29, 0.717) is 11.4 Å². The summed E-state index contributed by atoms with van der Waals surface area (Å²) in [6.45, 7) is 1.99. The minimum Gasteiger partial charge on any atom is -0.396 e. The molecule has 0 saturated carbocycles. The van der Waals surface area contributed by atoms with Crippen LogP contribution in [-0.2, 0) is 7.05 Å². The van der Waals surface area contributed by atoms with Gasteiger partial charge in [0.05, 0.1) is 11.9 Å². The molecule has 0 saturated heterocycles. The van der Waals surface area contributed by atoms with Crippen LogP contribution in [0.4, 0.5) is 11.4 Å². The summed E-state index contributed by atoms with van der Waals surface area (Å²) in [5, 5.41) is 6.70. The first-order chi connectivity index (χ1) is 8.08. The molecule has 0 bridgehead atoms. The summed E-state index contributed by atoms with van der Waals surface area (Å²) in [4.78, 5) is 11.9. The van der Waals surface area contributed by atoms with Gasteiger partial charge in [0.15, 0.2) is 0 Å². The van der Waals surface area contributed by atoms with Crippen LogP contribution in [0, 0.1) is 6.92 Å². The van der Waals surface area contributed by atoms with Gasteiger partial charge in [0.2, 0.25) is 0 Å². The lowest BCUT2D eigenvalue weighted by Gasteiger charge is -2.06. The van der Waals surface area contributed by atoms with E-state index in [-0.39, 0.29) is 5.91 Å². The molecule has 1 aromatic heterocycles. The van der Waals surface area contributed by atoms with Gasteiger partial charge in [-0.2, -0.15) is 5.10 Å². The van der Waals surface area contributed by atoms with Crippen LogP contribution in [0.15, 0.2) is 30.5 Å². The molecule has 0 spiro atoms. The molecule has 0 atom stereocenters. The number of hydrogen-bond acceptors (Lipinski definition) is 3. The molecule has 2 rings (SSSR count). The maximum atomic E-state index is 11.9. The Hall–Kier alpha value is -2.30. The Morgan fingerprint density at radius 1 is 1.35 bits per heavy atom. The minimum absolute atomic E-state index is 0.258. The number of amides is 1. The first kappa shape index (κ1) is 11.2. The predicted octanol–water partition coefficient (Wildman–Crippen LogP) is 1.56. The fourth-order valence-electron chi connectivity index (χ4n) is 1.56. The summed E-state index contributed by atoms with van der Waals surface area (Å²) in [6.07, 6.45) is 1.46. The van der Waals surface area contributed by atoms with Crippen LogP contribution in [-0.4, -0.2) is 15.7 Å². The Balaban J connectivity index is 2.20. The fourth-order valence-corrected chi connectivity index (χ4v) is 1.56. The number of carbonyl (C=O) groups excluding carboxylic acids is 1. The summed E-state index contributed by atoms with van der Waals surface area (Å²) in [5.74, 6) is -0.258. The molecular weight excluding hydrogens is 216 g/mol. The van der Waals surface area contributed by atoms with E-state index in [4.69, 9.17) is 5.73 Å². The number of nitrogens with zero attached hydrogens (tertiary/aromatic N) is 2. The van der Waals surface area contributed by atoms with E-state index in [1.165, 1.54) is 10.9 Å². The number of nitrogens with two attached hydrogens (primary N) is 1. The summed E-state index contributed by atoms with van der Waals surface area (Å²) in [7, 11) is 1.68. The van der Waals surface area contributed by atoms with Crippen molar-refractivity contribution >= 4 is 17.3 Å². The first-order valence-electron chi connectivity index (χ1n) is 5.23. The molecule has 0 unspecified atom stereocenters. The van der Waals surface area contributed by atoms with Crippen molar-refractivity contribution < 1.29 is 4.79 Å². The van der Waals surface area contributed by atoms with E-state index in [1.54, 1.807) is 7.05 Å². The van der Waals surface area contributed by atoms with E-state index < -0.39 is 0 Å². The van der Waals surface area contributed by atoms with Crippen LogP contribution < -0.4 is 11.1 Å². The highest BCUT2D eigenvalue weighted by molar-refractivity contribution is 6.06. The molecule has 0 fully saturated rings. The van der Waals surface area contributed by atoms with Gasteiger partial charge in [-0.3, -0.25) is 9.48 Å². The smallest absolute Gasteiger partial charge is 0.276 e. The Bertz CT molecular complexity index is 523. The minimum atomic E-state index is -0.258. The number of anilines is 2. The molecule has 17 heavy (non-hydrogen) atoms. The Labute approximate surface area is 99.2 Å². The topological polar surface area (TPSA) is 72.9 Å². The molecule has 88 valence electrons. The number of aryl methyl sites for hydroxylation is 2. The second-order valence-electron chi connectivity index (χ2n) is 3.89. The molecule has 0 aliphatic heterocycles. The summed E-state index contributed by atoms with van der Waals surface area (Å²) in [6, 6.07) is 7.56. The average Bonchev–Trinajstić information content (AvgIpc) is 2.62. The number of benzene rings is 1. The third-order valence-electron chi connectivity index (χ3n) is 2.49. The molecule has 0 aliphatic rings. The Morgan fingerprint density at radius 3 is 2.53 bits per heavy atom. The number of rotatable bonds is 2. The van der Waals surface area contributed by atoms with Crippen LogP contribution in [0.2, 0.25) is 0 Å². The number of hydrogen-bond donors (Lipinski definition) is 2. The second kappa shape index (κ2) is 4.29. The van der Waals surface area contributed by atoms with Gasteiger partial charge in [-0.15, -0.1) is 0 Å². The van der Waals surface area contributed by atoms with E-state index >= 15 is 0 Å². The average molecular weight is 230 g/mol. The van der Waals surface area contributed by atoms with Crippen LogP contribution in [0.3, 0.4) is 0 Å². The summed E-state index contributed by atoms with van der Waals surface area (Å²) < 4.78 is 1.46. The van der Waals surface area contributed by atoms with Gasteiger partial charge in [-0.05, 0) is 19.1 Å². The van der Waals surface area contributed by atoms with Gasteiger partial charge in [0, 0.05) is 12.7 Å². The Morgan fingerprint density at radius 2 is 2.00 bits per heavy atom. The van der Waals surface area contributed by atoms with E-state index in [1.807, 2.05) is 31.2 Å². The molecule has 3 N–H and O–H groups in total. The normalized spacial score (nSPS) is 10.2. The molecule has 1 heterocycles. The zero-order valence-electron chi connectivity index (χ0n) is 9.77. The van der Waals surface area contributed by atoms with Crippen molar-refractivity contribution in [3.05, 3.63) is 41.7 Å². The van der Waals surface area contributed by atoms with Gasteiger partial charge in [-0.1, -0.05) is 17.7 Å². The van der Waals surface area contributed by atoms with Gasteiger partial charge >= 0.3 is 0 Å². The highest BCUT2D eigenvalue weighted by Gasteiger charge is 2.14. The lowest BCUT2D eigenvalue weighted by atomic mass is 10.2. The maximum absolute atomic E-state index is 11.9. The molecule has 0 radical (unpaired) electrons. The number of nitrogens with one attached hydrogen (secondary N) is 1. The molecule has 1 amide bonds. The number of carbonyl (C=O) groups is 1. The van der Waals surface area contributed by atoms with Crippen LogP contribution >= 0.6 is 0 Å². The van der Waals surface area contributed by atoms with Gasteiger partial charge in [0.1, 0.15) is 5.69 Å². The highest BCUT2D eigenvalue weighted by atomic mass is 16.2. The SMILES string of the molecule is Cc1ccc(NC(=O)c2c(N)cnn2C)cc1. The summed E-state index contributed by atoms with van der Waals surface area (Å²) in [5.41, 5.74) is 8.29. The van der Waals surface area contributed by atoms with E-state index in [2.05, 4.69) is 10.4 Å². The quantitative estimate of drug-likeness (QED) is 0.822. The predicted molar refractivity (Wildman–Crippen MR) is 66.8 cm³/mol. The summed E-state index contributed by atoms with van der Waals surface area (Å²) >= 11 is 0. The molecule has 5 heteroatoms. The third-order valence-corrected chi connectivity index (χ3v) is 2.49. The molecule has 5 nitrogen and oxygen atoms in total. The zero-order valence-corrected chi connectivity index (χ0v) is 9.77. The second-order valence-corrected chi connectivity index (χ2v) is 3.89. The van der Waals surface area contributed by atoms with E-state index in [0.717, 1.165) is 11.3 Å². The van der Waals surface area contributed by atoms with Crippen molar-refractivity contribution in [3.8, 4) is 0 Å². The number of aromatic nitrogens is 2. The monoisotopic (exact) mass is 230 g/mol. The van der Waals surface area contributed by atoms with Gasteiger partial charge in [0.25, 0.3) is 5.91 Å². The van der Waals surface area contributed by atoms with Crippen LogP contribution in [0.25, 0.3) is 0 Å². The van der Waals surface area contributed by atoms with Gasteiger partial charge in [-0.25, -0.2) is 0 Å². The number of nitrogen functional groups attached to an aromatic ring is 1. The van der Waals surface area contributed by atoms with Crippen molar-refractivity contribution in [3.63, 3.8) is 0 Å². The first-order valence-corrected chi connectivity index (χ1v) is 5.23. The lowest BCUT2D eigenvalue weighted by molar-refractivity contribution is 0.101. The van der Waals surface area contributed by atoms with Crippen LogP contribution in [0.5, 0.6) is 0 Å². The van der Waals surface area contributed by atoms with Crippen molar-refractivity contribution in [1.82, 2.24) is 9.78 Å². The molecule has 1 aromatic carbocycles. The molecule has 0 aliphatic carbocycles. The molecule has 2 aromatic rings. The van der Waals surface area contributed by atoms with E-state index in [9.17, 15) is 4.79 Å². The lowest BCUT2D eigenvalue weighted by Crippen LogP contribution is -2.17. The van der Waals surface area contributed by atoms with Crippen molar-refractivity contribution in [1.29, 1.82) is 0 Å². The fraction of sp³-hybridized carbons (Fsp3) is 0.167. The maximum Gasteiger partial charge on any atom is 0.276 e. The van der Waals surface area contributed by atoms with Crippen molar-refractivity contribution in [2.24, 2.45) is 7.05 Å². The van der Waals surface area contributed by atoms with Crippen molar-refractivity contribution in [2.75, 3.05) is 11.1 Å². The standard InChI is InChI=1S/C12H14N4O/c1-8-3-5-9(6-4-8)15-12(17)11-10(13)7-14-16(11)2/h3-7H,13H2,1-2H3,(H,15,17). The largest absolute Gasteiger partial charge is 0.396 e. The molecular formula is C12H14N4O. The van der Waals surface area contributed by atoms with Crippen molar-refractivity contribution in [2.45, 2.75) is 6.92 Å². The Kier molecular flexibility index (Phi) is 2.82. The van der Waals surface area contributed by atoms with Crippen LogP contribution in [0.1, 0.15) is 16.1 Å². The zero-order chi connectivity index (χ0) is 12.4.